The minimum Gasteiger partial charge on any atom is -0.444 e. The molecule has 1 aliphatic rings. The van der Waals surface area contributed by atoms with Crippen molar-refractivity contribution in [2.75, 3.05) is 7.05 Å². The topological polar surface area (TPSA) is 41.6 Å². The largest absolute Gasteiger partial charge is 0.444 e. The molecular formula is C17H27BrN2O2S. The zero-order valence-corrected chi connectivity index (χ0v) is 16.8. The second-order valence-electron chi connectivity index (χ2n) is 7.17. The van der Waals surface area contributed by atoms with Crippen molar-refractivity contribution in [2.24, 2.45) is 0 Å². The summed E-state index contributed by atoms with van der Waals surface area (Å²) in [6.07, 6.45) is 4.04. The number of nitrogens with zero attached hydrogens (tertiary/aromatic N) is 1. The van der Waals surface area contributed by atoms with Gasteiger partial charge in [-0.1, -0.05) is 0 Å². The average Bonchev–Trinajstić information content (AvgIpc) is 2.88. The van der Waals surface area contributed by atoms with Crippen LogP contribution >= 0.6 is 27.3 Å². The van der Waals surface area contributed by atoms with Crippen molar-refractivity contribution < 1.29 is 9.53 Å². The monoisotopic (exact) mass is 402 g/mol. The van der Waals surface area contributed by atoms with Crippen LogP contribution in [0.1, 0.15) is 51.3 Å². The zero-order valence-electron chi connectivity index (χ0n) is 14.4. The van der Waals surface area contributed by atoms with Gasteiger partial charge in [-0.05, 0) is 73.8 Å². The Kier molecular flexibility index (Phi) is 6.51. The van der Waals surface area contributed by atoms with E-state index in [2.05, 4.69) is 32.7 Å². The molecule has 1 N–H and O–H groups in total. The molecule has 4 nitrogen and oxygen atoms in total. The number of halogens is 1. The minimum atomic E-state index is -0.432. The van der Waals surface area contributed by atoms with Crippen molar-refractivity contribution in [1.82, 2.24) is 10.2 Å². The number of nitrogens with one attached hydrogen (secondary N) is 1. The molecule has 0 radical (unpaired) electrons. The first-order valence-electron chi connectivity index (χ1n) is 8.17. The van der Waals surface area contributed by atoms with Crippen LogP contribution in [0.2, 0.25) is 0 Å². The Morgan fingerprint density at radius 2 is 2.04 bits per heavy atom. The van der Waals surface area contributed by atoms with Gasteiger partial charge in [-0.2, -0.15) is 0 Å². The van der Waals surface area contributed by atoms with Crippen molar-refractivity contribution >= 4 is 33.4 Å². The minimum absolute atomic E-state index is 0.212. The highest BCUT2D eigenvalue weighted by Crippen LogP contribution is 2.26. The van der Waals surface area contributed by atoms with Crippen LogP contribution in [-0.2, 0) is 11.3 Å². The number of rotatable bonds is 4. The summed E-state index contributed by atoms with van der Waals surface area (Å²) >= 11 is 5.35. The molecule has 0 aromatic carbocycles. The molecule has 1 saturated carbocycles. The lowest BCUT2D eigenvalue weighted by molar-refractivity contribution is 0.0179. The van der Waals surface area contributed by atoms with Crippen LogP contribution in [0.15, 0.2) is 15.9 Å². The standard InChI is InChI=1S/C17H27BrN2O2S/c1-17(2,3)22-16(21)20(4)13-7-5-12(6-8-13)19-11-15-14(18)9-10-23-15/h9-10,12-13,19H,5-8,11H2,1-4H3. The number of hydrogen-bond donors (Lipinski definition) is 1. The summed E-state index contributed by atoms with van der Waals surface area (Å²) in [4.78, 5) is 15.3. The Morgan fingerprint density at radius 1 is 1.39 bits per heavy atom. The van der Waals surface area contributed by atoms with E-state index in [0.29, 0.717) is 6.04 Å². The number of amides is 1. The van der Waals surface area contributed by atoms with E-state index in [9.17, 15) is 4.79 Å². The van der Waals surface area contributed by atoms with Gasteiger partial charge in [0.1, 0.15) is 5.60 Å². The lowest BCUT2D eigenvalue weighted by Crippen LogP contribution is -2.44. The molecule has 0 atom stereocenters. The third kappa shape index (κ3) is 5.76. The van der Waals surface area contributed by atoms with Crippen LogP contribution in [-0.4, -0.2) is 35.7 Å². The second-order valence-corrected chi connectivity index (χ2v) is 9.02. The molecule has 130 valence electrons. The predicted molar refractivity (Wildman–Crippen MR) is 98.9 cm³/mol. The second kappa shape index (κ2) is 7.99. The molecule has 23 heavy (non-hydrogen) atoms. The molecule has 1 aromatic heterocycles. The van der Waals surface area contributed by atoms with E-state index < -0.39 is 5.60 Å². The third-order valence-electron chi connectivity index (χ3n) is 4.17. The van der Waals surface area contributed by atoms with Gasteiger partial charge >= 0.3 is 6.09 Å². The quantitative estimate of drug-likeness (QED) is 0.787. The van der Waals surface area contributed by atoms with E-state index in [1.54, 1.807) is 16.2 Å². The van der Waals surface area contributed by atoms with Crippen molar-refractivity contribution in [2.45, 2.75) is 70.7 Å². The van der Waals surface area contributed by atoms with Gasteiger partial charge in [0.2, 0.25) is 0 Å². The van der Waals surface area contributed by atoms with Gasteiger partial charge in [0.25, 0.3) is 0 Å². The summed E-state index contributed by atoms with van der Waals surface area (Å²) in [6, 6.07) is 2.91. The van der Waals surface area contributed by atoms with E-state index in [0.717, 1.165) is 32.2 Å². The highest BCUT2D eigenvalue weighted by atomic mass is 79.9. The summed E-state index contributed by atoms with van der Waals surface area (Å²) in [7, 11) is 1.86. The van der Waals surface area contributed by atoms with E-state index >= 15 is 0 Å². The molecule has 0 aliphatic heterocycles. The highest BCUT2D eigenvalue weighted by molar-refractivity contribution is 9.10. The SMILES string of the molecule is CN(C(=O)OC(C)(C)C)C1CCC(NCc2sccc2Br)CC1. The molecule has 1 aliphatic carbocycles. The number of ether oxygens (including phenoxy) is 1. The van der Waals surface area contributed by atoms with Gasteiger partial charge in [-0.25, -0.2) is 4.79 Å². The number of carbonyl (C=O) groups excluding carboxylic acids is 1. The van der Waals surface area contributed by atoms with Gasteiger partial charge in [0, 0.05) is 35.0 Å². The molecule has 1 amide bonds. The first-order valence-corrected chi connectivity index (χ1v) is 9.84. The molecule has 0 bridgehead atoms. The maximum absolute atomic E-state index is 12.1. The van der Waals surface area contributed by atoms with E-state index in [1.165, 1.54) is 9.35 Å². The summed E-state index contributed by atoms with van der Waals surface area (Å²) in [5.41, 5.74) is -0.432. The fourth-order valence-corrected chi connectivity index (χ4v) is 4.28. The normalized spacial score (nSPS) is 22.0. The Hall–Kier alpha value is -0.590. The van der Waals surface area contributed by atoms with E-state index in [1.807, 2.05) is 27.8 Å². The fraction of sp³-hybridized carbons (Fsp3) is 0.706. The number of carbonyl (C=O) groups is 1. The third-order valence-corrected chi connectivity index (χ3v) is 6.09. The highest BCUT2D eigenvalue weighted by Gasteiger charge is 2.29. The van der Waals surface area contributed by atoms with Crippen LogP contribution in [0, 0.1) is 0 Å². The Bertz CT molecular complexity index is 519. The molecule has 1 aromatic rings. The summed E-state index contributed by atoms with van der Waals surface area (Å²) < 4.78 is 6.65. The van der Waals surface area contributed by atoms with Crippen LogP contribution in [0.25, 0.3) is 0 Å². The first-order chi connectivity index (χ1) is 10.8. The molecule has 2 rings (SSSR count). The van der Waals surface area contributed by atoms with Crippen molar-refractivity contribution in [1.29, 1.82) is 0 Å². The van der Waals surface area contributed by atoms with Crippen LogP contribution in [0.4, 0.5) is 4.79 Å². The van der Waals surface area contributed by atoms with E-state index in [-0.39, 0.29) is 12.1 Å². The van der Waals surface area contributed by atoms with Crippen molar-refractivity contribution in [3.05, 3.63) is 20.8 Å². The molecule has 6 heteroatoms. The van der Waals surface area contributed by atoms with Gasteiger partial charge in [-0.15, -0.1) is 11.3 Å². The van der Waals surface area contributed by atoms with Gasteiger partial charge in [0.05, 0.1) is 0 Å². The number of thiophene rings is 1. The smallest absolute Gasteiger partial charge is 0.410 e. The van der Waals surface area contributed by atoms with E-state index in [4.69, 9.17) is 4.74 Å². The summed E-state index contributed by atoms with van der Waals surface area (Å²) in [5, 5.41) is 5.74. The maximum atomic E-state index is 12.1. The molecule has 0 spiro atoms. The zero-order chi connectivity index (χ0) is 17.0. The van der Waals surface area contributed by atoms with Crippen LogP contribution in [0.5, 0.6) is 0 Å². The van der Waals surface area contributed by atoms with Gasteiger partial charge in [0.15, 0.2) is 0 Å². The molecular weight excluding hydrogens is 376 g/mol. The van der Waals surface area contributed by atoms with Crippen molar-refractivity contribution in [3.63, 3.8) is 0 Å². The average molecular weight is 403 g/mol. The Morgan fingerprint density at radius 3 is 2.57 bits per heavy atom. The molecule has 0 unspecified atom stereocenters. The Balaban J connectivity index is 1.75. The summed E-state index contributed by atoms with van der Waals surface area (Å²) in [5.74, 6) is 0. The molecule has 1 heterocycles. The predicted octanol–water partition coefficient (Wildman–Crippen LogP) is 4.78. The Labute approximate surface area is 151 Å². The first kappa shape index (κ1) is 18.7. The maximum Gasteiger partial charge on any atom is 0.410 e. The van der Waals surface area contributed by atoms with Crippen LogP contribution < -0.4 is 5.32 Å². The lowest BCUT2D eigenvalue weighted by atomic mass is 9.90. The number of hydrogen-bond acceptors (Lipinski definition) is 4. The van der Waals surface area contributed by atoms with Gasteiger partial charge in [-0.3, -0.25) is 0 Å². The van der Waals surface area contributed by atoms with Crippen molar-refractivity contribution in [3.8, 4) is 0 Å². The lowest BCUT2D eigenvalue weighted by Gasteiger charge is -2.35. The van der Waals surface area contributed by atoms with Crippen LogP contribution in [0.3, 0.4) is 0 Å². The summed E-state index contributed by atoms with van der Waals surface area (Å²) in [6.45, 7) is 6.63. The van der Waals surface area contributed by atoms with Gasteiger partial charge < -0.3 is 15.0 Å². The fourth-order valence-electron chi connectivity index (χ4n) is 2.84. The molecule has 0 saturated heterocycles. The molecule has 1 fully saturated rings.